The van der Waals surface area contributed by atoms with Gasteiger partial charge in [0.25, 0.3) is 0 Å². The lowest BCUT2D eigenvalue weighted by Crippen LogP contribution is -2.41. The van der Waals surface area contributed by atoms with Gasteiger partial charge in [-0.3, -0.25) is 0 Å². The summed E-state index contributed by atoms with van der Waals surface area (Å²) in [5.41, 5.74) is 0.228. The highest BCUT2D eigenvalue weighted by molar-refractivity contribution is 6.62. The Hall–Kier alpha value is -1.11. The molecule has 1 atom stereocenters. The summed E-state index contributed by atoms with van der Waals surface area (Å²) in [6.45, 7) is 9.56. The van der Waals surface area contributed by atoms with Gasteiger partial charge in [0, 0.05) is 18.1 Å². The number of ether oxygens (including phenoxy) is 2. The van der Waals surface area contributed by atoms with Crippen molar-refractivity contribution in [1.29, 1.82) is 0 Å². The molecule has 0 N–H and O–H groups in total. The van der Waals surface area contributed by atoms with Crippen molar-refractivity contribution in [2.45, 2.75) is 51.4 Å². The van der Waals surface area contributed by atoms with E-state index in [0.29, 0.717) is 12.5 Å². The predicted octanol–water partition coefficient (Wildman–Crippen LogP) is 1.55. The summed E-state index contributed by atoms with van der Waals surface area (Å²) in [5.74, 6) is 0.616. The molecule has 0 aromatic carbocycles. The Morgan fingerprint density at radius 3 is 2.43 bits per heavy atom. The summed E-state index contributed by atoms with van der Waals surface area (Å²) in [4.78, 5) is 4.34. The maximum absolute atomic E-state index is 6.00. The molecular weight excluding hydrogens is 269 g/mol. The van der Waals surface area contributed by atoms with Gasteiger partial charge in [-0.1, -0.05) is 6.07 Å². The molecule has 0 radical (unpaired) electrons. The molecule has 114 valence electrons. The molecule has 1 aromatic rings. The number of pyridine rings is 1. The maximum atomic E-state index is 6.00. The van der Waals surface area contributed by atoms with Gasteiger partial charge in [0.1, 0.15) is 6.10 Å². The summed E-state index contributed by atoms with van der Waals surface area (Å²) in [5, 5.41) is 0. The summed E-state index contributed by atoms with van der Waals surface area (Å²) < 4.78 is 23.0. The molecule has 2 fully saturated rings. The van der Waals surface area contributed by atoms with E-state index < -0.39 is 0 Å². The lowest BCUT2D eigenvalue weighted by Gasteiger charge is -2.32. The van der Waals surface area contributed by atoms with Crippen molar-refractivity contribution in [1.82, 2.24) is 4.98 Å². The quantitative estimate of drug-likeness (QED) is 0.791. The summed E-state index contributed by atoms with van der Waals surface area (Å²) in [6.07, 6.45) is 2.79. The van der Waals surface area contributed by atoms with Crippen molar-refractivity contribution in [2.75, 3.05) is 13.2 Å². The molecular formula is C15H22BNO4. The third-order valence-corrected chi connectivity index (χ3v) is 4.46. The van der Waals surface area contributed by atoms with Gasteiger partial charge in [0.05, 0.1) is 24.4 Å². The highest BCUT2D eigenvalue weighted by Gasteiger charge is 2.51. The Labute approximate surface area is 126 Å². The van der Waals surface area contributed by atoms with Crippen molar-refractivity contribution in [3.05, 3.63) is 18.3 Å². The van der Waals surface area contributed by atoms with E-state index in [1.54, 1.807) is 6.20 Å². The first kappa shape index (κ1) is 14.8. The first-order valence-corrected chi connectivity index (χ1v) is 7.43. The average molecular weight is 291 g/mol. The lowest BCUT2D eigenvalue weighted by molar-refractivity contribution is 0.00578. The van der Waals surface area contributed by atoms with Crippen LogP contribution in [0.5, 0.6) is 5.88 Å². The lowest BCUT2D eigenvalue weighted by atomic mass is 9.80. The van der Waals surface area contributed by atoms with E-state index in [1.165, 1.54) is 0 Å². The van der Waals surface area contributed by atoms with Gasteiger partial charge in [-0.25, -0.2) is 4.98 Å². The Morgan fingerprint density at radius 1 is 1.19 bits per heavy atom. The molecule has 3 rings (SSSR count). The van der Waals surface area contributed by atoms with E-state index >= 15 is 0 Å². The molecule has 0 bridgehead atoms. The van der Waals surface area contributed by atoms with Crippen LogP contribution in [0.15, 0.2) is 18.3 Å². The zero-order valence-electron chi connectivity index (χ0n) is 13.1. The second-order valence-corrected chi connectivity index (χ2v) is 6.62. The SMILES string of the molecule is CC1(C)OB(c2ccc(O[C@H]3CCOC3)nc2)OC1(C)C. The Balaban J connectivity index is 1.67. The van der Waals surface area contributed by atoms with E-state index in [1.807, 2.05) is 39.8 Å². The molecule has 6 heteroatoms. The fourth-order valence-corrected chi connectivity index (χ4v) is 2.36. The van der Waals surface area contributed by atoms with Crippen LogP contribution in [0.3, 0.4) is 0 Å². The van der Waals surface area contributed by atoms with E-state index in [0.717, 1.165) is 18.5 Å². The normalized spacial score (nSPS) is 27.0. The molecule has 5 nitrogen and oxygen atoms in total. The van der Waals surface area contributed by atoms with Gasteiger partial charge in [-0.05, 0) is 33.8 Å². The second kappa shape index (κ2) is 5.27. The molecule has 0 spiro atoms. The molecule has 2 aliphatic heterocycles. The predicted molar refractivity (Wildman–Crippen MR) is 79.8 cm³/mol. The molecule has 21 heavy (non-hydrogen) atoms. The van der Waals surface area contributed by atoms with Crippen LogP contribution in [-0.4, -0.2) is 42.6 Å². The van der Waals surface area contributed by atoms with Gasteiger partial charge < -0.3 is 18.8 Å². The van der Waals surface area contributed by atoms with Crippen LogP contribution >= 0.6 is 0 Å². The number of hydrogen-bond donors (Lipinski definition) is 0. The molecule has 3 heterocycles. The first-order chi connectivity index (χ1) is 9.87. The third kappa shape index (κ3) is 2.93. The molecule has 0 unspecified atom stereocenters. The van der Waals surface area contributed by atoms with Gasteiger partial charge in [-0.2, -0.15) is 0 Å². The van der Waals surface area contributed by atoms with Crippen LogP contribution < -0.4 is 10.2 Å². The van der Waals surface area contributed by atoms with E-state index in [4.69, 9.17) is 18.8 Å². The van der Waals surface area contributed by atoms with Crippen molar-refractivity contribution < 1.29 is 18.8 Å². The minimum Gasteiger partial charge on any atom is -0.472 e. The third-order valence-electron chi connectivity index (χ3n) is 4.46. The topological polar surface area (TPSA) is 49.8 Å². The smallest absolute Gasteiger partial charge is 0.472 e. The fraction of sp³-hybridized carbons (Fsp3) is 0.667. The van der Waals surface area contributed by atoms with Crippen LogP contribution in [0, 0.1) is 0 Å². The van der Waals surface area contributed by atoms with Crippen LogP contribution in [-0.2, 0) is 14.0 Å². The number of nitrogens with zero attached hydrogens (tertiary/aromatic N) is 1. The number of aromatic nitrogens is 1. The Morgan fingerprint density at radius 2 is 1.90 bits per heavy atom. The van der Waals surface area contributed by atoms with Gasteiger partial charge in [-0.15, -0.1) is 0 Å². The van der Waals surface area contributed by atoms with E-state index in [2.05, 4.69) is 4.98 Å². The second-order valence-electron chi connectivity index (χ2n) is 6.62. The molecule has 0 saturated carbocycles. The molecule has 2 aliphatic rings. The van der Waals surface area contributed by atoms with Gasteiger partial charge in [0.2, 0.25) is 5.88 Å². The van der Waals surface area contributed by atoms with Crippen LogP contribution in [0.25, 0.3) is 0 Å². The monoisotopic (exact) mass is 291 g/mol. The van der Waals surface area contributed by atoms with Crippen molar-refractivity contribution in [3.8, 4) is 5.88 Å². The summed E-state index contributed by atoms with van der Waals surface area (Å²) in [6, 6.07) is 3.80. The van der Waals surface area contributed by atoms with E-state index in [9.17, 15) is 0 Å². The zero-order valence-corrected chi connectivity index (χ0v) is 13.1. The maximum Gasteiger partial charge on any atom is 0.496 e. The Bertz CT molecular complexity index is 481. The molecule has 1 aromatic heterocycles. The molecule has 0 aliphatic carbocycles. The average Bonchev–Trinajstić information content (AvgIpc) is 2.97. The number of hydrogen-bond acceptors (Lipinski definition) is 5. The van der Waals surface area contributed by atoms with Crippen LogP contribution in [0.4, 0.5) is 0 Å². The first-order valence-electron chi connectivity index (χ1n) is 7.43. The minimum absolute atomic E-state index is 0.111. The van der Waals surface area contributed by atoms with Crippen molar-refractivity contribution in [3.63, 3.8) is 0 Å². The summed E-state index contributed by atoms with van der Waals surface area (Å²) >= 11 is 0. The van der Waals surface area contributed by atoms with Gasteiger partial charge in [0.15, 0.2) is 0 Å². The molecule has 0 amide bonds. The zero-order chi connectivity index (χ0) is 15.1. The Kier molecular flexibility index (Phi) is 3.72. The van der Waals surface area contributed by atoms with Crippen molar-refractivity contribution in [2.24, 2.45) is 0 Å². The van der Waals surface area contributed by atoms with E-state index in [-0.39, 0.29) is 24.4 Å². The van der Waals surface area contributed by atoms with Gasteiger partial charge >= 0.3 is 7.12 Å². The number of rotatable bonds is 3. The molecule has 2 saturated heterocycles. The van der Waals surface area contributed by atoms with Crippen molar-refractivity contribution >= 4 is 12.6 Å². The highest BCUT2D eigenvalue weighted by atomic mass is 16.7. The van der Waals surface area contributed by atoms with Crippen LogP contribution in [0.2, 0.25) is 0 Å². The fourth-order valence-electron chi connectivity index (χ4n) is 2.36. The minimum atomic E-state index is -0.383. The summed E-state index contributed by atoms with van der Waals surface area (Å²) in [7, 11) is -0.383. The van der Waals surface area contributed by atoms with Crippen LogP contribution in [0.1, 0.15) is 34.1 Å². The standard InChI is InChI=1S/C15H22BNO4/c1-14(2)15(3,4)21-16(20-14)11-5-6-13(17-9-11)19-12-7-8-18-10-12/h5-6,9,12H,7-8,10H2,1-4H3/t12-/m0/s1. The largest absolute Gasteiger partial charge is 0.496 e. The highest BCUT2D eigenvalue weighted by Crippen LogP contribution is 2.36.